The van der Waals surface area contributed by atoms with E-state index in [0.717, 1.165) is 11.4 Å². The molecule has 0 saturated heterocycles. The van der Waals surface area contributed by atoms with Crippen molar-refractivity contribution in [3.05, 3.63) is 48.5 Å². The molecule has 12 nitrogen and oxygen atoms in total. The Hall–Kier alpha value is -0.360. The van der Waals surface area contributed by atoms with E-state index in [4.69, 9.17) is 29.2 Å². The van der Waals surface area contributed by atoms with Gasteiger partial charge in [-0.05, 0) is 24.3 Å². The minimum atomic E-state index is -5.14. The summed E-state index contributed by atoms with van der Waals surface area (Å²) >= 11 is 0. The average Bonchev–Trinajstić information content (AvgIpc) is 2.42. The van der Waals surface area contributed by atoms with E-state index >= 15 is 0 Å². The molecule has 0 bridgehead atoms. The van der Waals surface area contributed by atoms with Gasteiger partial charge in [-0.25, -0.2) is 0 Å². The van der Waals surface area contributed by atoms with Gasteiger partial charge in [-0.15, -0.1) is 0 Å². The first-order valence-electron chi connectivity index (χ1n) is 6.27. The third-order valence-corrected chi connectivity index (χ3v) is 2.52. The van der Waals surface area contributed by atoms with Gasteiger partial charge in [-0.3, -0.25) is 4.57 Å². The zero-order valence-corrected chi connectivity index (χ0v) is 20.0. The monoisotopic (exact) mass is 666 g/mol. The van der Waals surface area contributed by atoms with Gasteiger partial charge < -0.3 is 104 Å². The number of phosphoric ester groups is 1. The van der Waals surface area contributed by atoms with Crippen LogP contribution in [0, 0.1) is 0 Å². The number of phenols is 1. The lowest BCUT2D eigenvalue weighted by Gasteiger charge is -2.19. The quantitative estimate of drug-likeness (QED) is 0.149. The molecule has 0 aliphatic carbocycles. The fraction of sp³-hybridized carbons (Fsp3) is 0. The second-order valence-electron chi connectivity index (χ2n) is 4.34. The Morgan fingerprint density at radius 2 is 1.07 bits per heavy atom. The van der Waals surface area contributed by atoms with E-state index in [9.17, 15) is 9.46 Å². The molecule has 1 atom stereocenters. The van der Waals surface area contributed by atoms with Gasteiger partial charge >= 0.3 is 7.82 Å². The highest BCUT2D eigenvalue weighted by Gasteiger charge is 2.03. The van der Waals surface area contributed by atoms with Crippen molar-refractivity contribution in [1.29, 1.82) is 0 Å². The summed E-state index contributed by atoms with van der Waals surface area (Å²) in [5.74, 6) is 0.362. The van der Waals surface area contributed by atoms with E-state index < -0.39 is 15.6 Å². The van der Waals surface area contributed by atoms with Crippen molar-refractivity contribution in [3.63, 3.8) is 0 Å². The highest BCUT2D eigenvalue weighted by atomic mass is 127. The number of phosphoric acid groups is 2. The van der Waals surface area contributed by atoms with E-state index in [-0.39, 0.29) is 64.9 Å². The van der Waals surface area contributed by atoms with Crippen LogP contribution in [0.2, 0.25) is 0 Å². The van der Waals surface area contributed by atoms with Gasteiger partial charge in [0.25, 0.3) is 0 Å². The largest absolute Gasteiger partial charge is 1.00 e. The van der Waals surface area contributed by atoms with Gasteiger partial charge in [0, 0.05) is 24.3 Å². The van der Waals surface area contributed by atoms with Crippen molar-refractivity contribution in [2.24, 2.45) is 0 Å². The Bertz CT molecular complexity index is 708. The summed E-state index contributed by atoms with van der Waals surface area (Å²) in [6, 6.07) is 12.7. The van der Waals surface area contributed by atoms with Crippen LogP contribution in [0.15, 0.2) is 48.5 Å². The molecule has 2 aromatic carbocycles. The average molecular weight is 666 g/mol. The summed E-state index contributed by atoms with van der Waals surface area (Å²) in [6.45, 7) is 0. The van der Waals surface area contributed by atoms with E-state index in [1.807, 2.05) is 0 Å². The summed E-state index contributed by atoms with van der Waals surface area (Å²) in [7, 11) is -9.81. The van der Waals surface area contributed by atoms with Gasteiger partial charge in [0.1, 0.15) is 22.9 Å². The molecule has 0 saturated carbocycles. The predicted octanol–water partition coefficient (Wildman–Crippen LogP) is -8.70. The zero-order chi connectivity index (χ0) is 19.7. The van der Waals surface area contributed by atoms with Gasteiger partial charge in [-0.2, -0.15) is 0 Å². The van der Waals surface area contributed by atoms with E-state index in [1.165, 1.54) is 12.1 Å². The van der Waals surface area contributed by atoms with Gasteiger partial charge in [0.2, 0.25) is 0 Å². The minimum Gasteiger partial charge on any atom is -1.00 e. The lowest BCUT2D eigenvalue weighted by atomic mass is 10.3. The number of hydrogen-bond donors (Lipinski definition) is 5. The smallest absolute Gasteiger partial charge is 0.317 e. The summed E-state index contributed by atoms with van der Waals surface area (Å²) in [6.07, 6.45) is 0. The molecule has 2 aromatic rings. The Morgan fingerprint density at radius 1 is 0.786 bits per heavy atom. The van der Waals surface area contributed by atoms with Crippen LogP contribution >= 0.6 is 15.6 Å². The van der Waals surface area contributed by atoms with Gasteiger partial charge in [0.05, 0.1) is 7.82 Å². The fourth-order valence-electron chi connectivity index (χ4n) is 1.18. The van der Waals surface area contributed by atoms with Gasteiger partial charge in [-0.1, -0.05) is 0 Å². The second kappa shape index (κ2) is 16.4. The van der Waals surface area contributed by atoms with Crippen molar-refractivity contribution in [2.45, 2.75) is 0 Å². The molecule has 0 aromatic heterocycles. The Morgan fingerprint density at radius 3 is 1.32 bits per heavy atom. The van der Waals surface area contributed by atoms with E-state index in [0.29, 0.717) is 0 Å². The number of phenolic OH excluding ortho intramolecular Hbond substituents is 1. The van der Waals surface area contributed by atoms with E-state index in [2.05, 4.69) is 16.0 Å². The molecule has 0 amide bonds. The molecule has 28 heavy (non-hydrogen) atoms. The molecule has 10 N–H and O–H groups in total. The first-order chi connectivity index (χ1) is 11.3. The Kier molecular flexibility index (Phi) is 20.6. The normalized spacial score (nSPS) is 11.2. The molecule has 0 fully saturated rings. The topological polar surface area (TPSA) is 259 Å². The first kappa shape index (κ1) is 35.1. The highest BCUT2D eigenvalue weighted by Crippen LogP contribution is 2.32. The number of quaternary nitrogens is 2. The van der Waals surface area contributed by atoms with Crippen LogP contribution in [-0.2, 0) is 9.13 Å². The lowest BCUT2D eigenvalue weighted by Crippen LogP contribution is -3.00. The second-order valence-corrected chi connectivity index (χ2v) is 6.40. The number of hydrogen-bond acceptors (Lipinski definition) is 8. The summed E-state index contributed by atoms with van der Waals surface area (Å²) in [4.78, 5) is 42.8. The van der Waals surface area contributed by atoms with Crippen molar-refractivity contribution in [1.82, 2.24) is 0 Å². The summed E-state index contributed by atoms with van der Waals surface area (Å²) in [5, 5.41) is 8.73. The van der Waals surface area contributed by atoms with Crippen molar-refractivity contribution >= 4 is 27.0 Å². The number of aromatic hydroxyl groups is 1. The first-order valence-corrected chi connectivity index (χ1v) is 9.26. The standard InChI is InChI=1S/C6H8NO4P.C6H7NO.2HI.H3O4P.H2O/c7-5-1-3-6(4-2-5)11-12(8,9)10;7-5-1-3-6(8)4-2-5;;;1-5(2,3)4;/h1-4H,7H2,(H2,8,9,10);1-4,8H,7H2;2*1H;(H3,1,2,3,4);1H2/p-4. The Labute approximate surface area is 194 Å². The number of benzene rings is 2. The summed E-state index contributed by atoms with van der Waals surface area (Å²) in [5.41, 5.74) is 8.90. The molecular weight excluding hydrogens is 648 g/mol. The lowest BCUT2D eigenvalue weighted by molar-refractivity contribution is -0.337. The molecule has 0 radical (unpaired) electrons. The predicted molar refractivity (Wildman–Crippen MR) is 81.9 cm³/mol. The molecular formula is C12H18I2N2O10P2-4. The van der Waals surface area contributed by atoms with E-state index in [1.54, 1.807) is 36.4 Å². The minimum absolute atomic E-state index is 0. The molecule has 0 spiro atoms. The SMILES string of the molecule is O=P([O-])([O-])O.[I-].[I-].[NH3+]c1ccc(O)cc1.[NH3+]c1ccc(OP(=O)([O-])O)cc1.[OH-]. The molecule has 0 aliphatic heterocycles. The Balaban J connectivity index is -0.000000159. The molecule has 1 unspecified atom stereocenters. The number of rotatable bonds is 2. The van der Waals surface area contributed by atoms with Crippen LogP contribution in [0.3, 0.4) is 0 Å². The number of halogens is 2. The maximum atomic E-state index is 10.2. The van der Waals surface area contributed by atoms with Gasteiger partial charge in [0.15, 0.2) is 0 Å². The van der Waals surface area contributed by atoms with Crippen molar-refractivity contribution in [2.75, 3.05) is 0 Å². The maximum Gasteiger partial charge on any atom is 0.317 e. The van der Waals surface area contributed by atoms with Crippen LogP contribution in [-0.4, -0.2) is 20.4 Å². The molecule has 164 valence electrons. The fourth-order valence-corrected chi connectivity index (χ4v) is 1.57. The highest BCUT2D eigenvalue weighted by molar-refractivity contribution is 7.45. The van der Waals surface area contributed by atoms with Crippen LogP contribution in [0.4, 0.5) is 11.4 Å². The van der Waals surface area contributed by atoms with Crippen LogP contribution < -0.4 is 78.6 Å². The summed E-state index contributed by atoms with van der Waals surface area (Å²) < 4.78 is 23.1. The van der Waals surface area contributed by atoms with Crippen LogP contribution in [0.1, 0.15) is 0 Å². The maximum absolute atomic E-state index is 10.2. The van der Waals surface area contributed by atoms with Crippen LogP contribution in [0.25, 0.3) is 0 Å². The molecule has 2 rings (SSSR count). The third kappa shape index (κ3) is 25.6. The molecule has 16 heteroatoms. The molecule has 0 aliphatic rings. The zero-order valence-electron chi connectivity index (χ0n) is 13.9. The third-order valence-electron chi connectivity index (χ3n) is 2.08. The van der Waals surface area contributed by atoms with Crippen molar-refractivity contribution < 1.29 is 108 Å². The van der Waals surface area contributed by atoms with Crippen molar-refractivity contribution in [3.8, 4) is 11.5 Å². The molecule has 0 heterocycles. The van der Waals surface area contributed by atoms with Crippen LogP contribution in [0.5, 0.6) is 11.5 Å².